The topological polar surface area (TPSA) is 63.8 Å². The van der Waals surface area contributed by atoms with E-state index in [4.69, 9.17) is 4.74 Å². The average molecular weight is 328 g/mol. The maximum absolute atomic E-state index is 11.5. The number of hydrogen-bond donors (Lipinski definition) is 1. The Hall–Kier alpha value is -2.34. The molecule has 4 rings (SSSR count). The second-order valence-electron chi connectivity index (χ2n) is 5.76. The van der Waals surface area contributed by atoms with Crippen molar-refractivity contribution >= 4 is 22.3 Å². The van der Waals surface area contributed by atoms with Gasteiger partial charge in [0.15, 0.2) is 4.96 Å². The fourth-order valence-electron chi connectivity index (χ4n) is 2.98. The summed E-state index contributed by atoms with van der Waals surface area (Å²) in [4.78, 5) is 17.3. The van der Waals surface area contributed by atoms with Gasteiger partial charge in [-0.1, -0.05) is 17.8 Å². The van der Waals surface area contributed by atoms with Crippen molar-refractivity contribution < 1.29 is 14.6 Å². The summed E-state index contributed by atoms with van der Waals surface area (Å²) in [6, 6.07) is 7.73. The van der Waals surface area contributed by atoms with Crippen LogP contribution in [-0.4, -0.2) is 27.6 Å². The van der Waals surface area contributed by atoms with Gasteiger partial charge in [0.05, 0.1) is 18.5 Å². The first-order valence-corrected chi connectivity index (χ1v) is 8.38. The van der Waals surface area contributed by atoms with Crippen LogP contribution in [-0.2, 0) is 0 Å². The van der Waals surface area contributed by atoms with E-state index in [0.717, 1.165) is 40.5 Å². The van der Waals surface area contributed by atoms with E-state index in [9.17, 15) is 9.90 Å². The smallest absolute Gasteiger partial charge is 0.347 e. The molecular weight excluding hydrogens is 312 g/mol. The van der Waals surface area contributed by atoms with Crippen LogP contribution in [0.2, 0.25) is 0 Å². The van der Waals surface area contributed by atoms with Gasteiger partial charge >= 0.3 is 5.97 Å². The van der Waals surface area contributed by atoms with Crippen LogP contribution < -0.4 is 4.74 Å². The average Bonchev–Trinajstić information content (AvgIpc) is 3.05. The Kier molecular flexibility index (Phi) is 3.34. The Morgan fingerprint density at radius 3 is 2.65 bits per heavy atom. The number of aromatic nitrogens is 2. The lowest BCUT2D eigenvalue weighted by atomic mass is 9.82. The minimum atomic E-state index is -0.853. The largest absolute Gasteiger partial charge is 0.497 e. The summed E-state index contributed by atoms with van der Waals surface area (Å²) in [7, 11) is 1.64. The number of carboxylic acid groups (broad SMARTS) is 1. The number of carboxylic acids is 1. The number of fused-ring (bicyclic) bond motifs is 1. The second-order valence-corrected chi connectivity index (χ2v) is 6.73. The normalized spacial score (nSPS) is 14.8. The van der Waals surface area contributed by atoms with E-state index in [1.165, 1.54) is 17.8 Å². The lowest BCUT2D eigenvalue weighted by molar-refractivity contribution is 0.0699. The maximum atomic E-state index is 11.5. The minimum Gasteiger partial charge on any atom is -0.497 e. The molecule has 6 heteroatoms. The van der Waals surface area contributed by atoms with E-state index in [1.54, 1.807) is 7.11 Å². The van der Waals surface area contributed by atoms with Gasteiger partial charge in [-0.05, 0) is 37.1 Å². The van der Waals surface area contributed by atoms with E-state index in [1.807, 2.05) is 34.9 Å². The molecule has 0 saturated heterocycles. The maximum Gasteiger partial charge on any atom is 0.347 e. The third-order valence-electron chi connectivity index (χ3n) is 4.43. The van der Waals surface area contributed by atoms with Crippen molar-refractivity contribution in [3.63, 3.8) is 0 Å². The number of carbonyl (C=O) groups is 1. The van der Waals surface area contributed by atoms with Gasteiger partial charge in [-0.25, -0.2) is 9.78 Å². The Bertz CT molecular complexity index is 875. The standard InChI is InChI=1S/C17H16N2O3S/c1-22-12-7-5-10(6-8-12)13-9-19-14(11-3-2-4-11)15(16(20)21)23-17(19)18-13/h5-9,11H,2-4H2,1H3,(H,20,21). The zero-order chi connectivity index (χ0) is 16.0. The second kappa shape index (κ2) is 5.38. The number of methoxy groups -OCH3 is 1. The van der Waals surface area contributed by atoms with E-state index < -0.39 is 5.97 Å². The van der Waals surface area contributed by atoms with Crippen LogP contribution in [0, 0.1) is 0 Å². The van der Waals surface area contributed by atoms with E-state index >= 15 is 0 Å². The molecule has 3 aromatic rings. The molecule has 1 N–H and O–H groups in total. The number of benzene rings is 1. The molecule has 23 heavy (non-hydrogen) atoms. The molecule has 5 nitrogen and oxygen atoms in total. The lowest BCUT2D eigenvalue weighted by Crippen LogP contribution is -2.14. The van der Waals surface area contributed by atoms with Crippen molar-refractivity contribution in [3.8, 4) is 17.0 Å². The molecule has 2 heterocycles. The minimum absolute atomic E-state index is 0.341. The number of thiazole rings is 1. The highest BCUT2D eigenvalue weighted by atomic mass is 32.1. The third-order valence-corrected chi connectivity index (χ3v) is 5.49. The fraction of sp³-hybridized carbons (Fsp3) is 0.294. The summed E-state index contributed by atoms with van der Waals surface area (Å²) < 4.78 is 7.14. The molecule has 0 amide bonds. The molecule has 0 bridgehead atoms. The quantitative estimate of drug-likeness (QED) is 0.785. The number of aromatic carboxylic acids is 1. The molecule has 1 saturated carbocycles. The molecule has 1 fully saturated rings. The van der Waals surface area contributed by atoms with Crippen molar-refractivity contribution in [1.82, 2.24) is 9.38 Å². The Labute approximate surface area is 137 Å². The van der Waals surface area contributed by atoms with Crippen LogP contribution in [0.5, 0.6) is 5.75 Å². The van der Waals surface area contributed by atoms with Gasteiger partial charge < -0.3 is 9.84 Å². The number of hydrogen-bond acceptors (Lipinski definition) is 4. The summed E-state index contributed by atoms with van der Waals surface area (Å²) in [6.45, 7) is 0. The Morgan fingerprint density at radius 2 is 2.09 bits per heavy atom. The number of imidazole rings is 1. The zero-order valence-corrected chi connectivity index (χ0v) is 13.5. The molecule has 1 aliphatic carbocycles. The van der Waals surface area contributed by atoms with Crippen LogP contribution in [0.4, 0.5) is 0 Å². The Morgan fingerprint density at radius 1 is 1.35 bits per heavy atom. The highest BCUT2D eigenvalue weighted by molar-refractivity contribution is 7.19. The molecule has 0 aliphatic heterocycles. The van der Waals surface area contributed by atoms with Gasteiger partial charge in [-0.15, -0.1) is 0 Å². The summed E-state index contributed by atoms with van der Waals surface area (Å²) >= 11 is 1.26. The molecule has 118 valence electrons. The van der Waals surface area contributed by atoms with Crippen LogP contribution in [0.1, 0.15) is 40.5 Å². The summed E-state index contributed by atoms with van der Waals surface area (Å²) in [6.07, 6.45) is 5.24. The molecule has 0 radical (unpaired) electrons. The van der Waals surface area contributed by atoms with Gasteiger partial charge in [0.25, 0.3) is 0 Å². The van der Waals surface area contributed by atoms with Crippen LogP contribution in [0.3, 0.4) is 0 Å². The molecule has 0 spiro atoms. The lowest BCUT2D eigenvalue weighted by Gasteiger charge is -2.25. The third kappa shape index (κ3) is 2.30. The van der Waals surface area contributed by atoms with E-state index in [0.29, 0.717) is 10.8 Å². The molecule has 1 aliphatic rings. The monoisotopic (exact) mass is 328 g/mol. The molecular formula is C17H16N2O3S. The van der Waals surface area contributed by atoms with Gasteiger partial charge in [-0.3, -0.25) is 4.40 Å². The first-order chi connectivity index (χ1) is 11.2. The van der Waals surface area contributed by atoms with Crippen LogP contribution >= 0.6 is 11.3 Å². The highest BCUT2D eigenvalue weighted by Gasteiger charge is 2.30. The first-order valence-electron chi connectivity index (χ1n) is 7.57. The van der Waals surface area contributed by atoms with Gasteiger partial charge in [0.1, 0.15) is 10.6 Å². The fourth-order valence-corrected chi connectivity index (χ4v) is 4.01. The van der Waals surface area contributed by atoms with Crippen molar-refractivity contribution in [2.45, 2.75) is 25.2 Å². The van der Waals surface area contributed by atoms with E-state index in [2.05, 4.69) is 4.98 Å². The van der Waals surface area contributed by atoms with Crippen molar-refractivity contribution in [3.05, 3.63) is 41.0 Å². The summed E-state index contributed by atoms with van der Waals surface area (Å²) in [5.41, 5.74) is 2.77. The SMILES string of the molecule is COc1ccc(-c2cn3c(C4CCC4)c(C(=O)O)sc3n2)cc1. The predicted octanol–water partition coefficient (Wildman–Crippen LogP) is 4.04. The van der Waals surface area contributed by atoms with Crippen LogP contribution in [0.15, 0.2) is 30.5 Å². The highest BCUT2D eigenvalue weighted by Crippen LogP contribution is 2.41. The van der Waals surface area contributed by atoms with Gasteiger partial charge in [-0.2, -0.15) is 0 Å². The molecule has 0 unspecified atom stereocenters. The summed E-state index contributed by atoms with van der Waals surface area (Å²) in [5.74, 6) is 0.291. The molecule has 2 aromatic heterocycles. The zero-order valence-electron chi connectivity index (χ0n) is 12.7. The Balaban J connectivity index is 1.81. The van der Waals surface area contributed by atoms with Crippen molar-refractivity contribution in [2.75, 3.05) is 7.11 Å². The van der Waals surface area contributed by atoms with Crippen LogP contribution in [0.25, 0.3) is 16.2 Å². The van der Waals surface area contributed by atoms with Gasteiger partial charge in [0, 0.05) is 17.7 Å². The number of rotatable bonds is 4. The first kappa shape index (κ1) is 14.3. The summed E-state index contributed by atoms with van der Waals surface area (Å²) in [5, 5.41) is 9.45. The van der Waals surface area contributed by atoms with Crippen molar-refractivity contribution in [1.29, 1.82) is 0 Å². The van der Waals surface area contributed by atoms with E-state index in [-0.39, 0.29) is 0 Å². The number of ether oxygens (including phenoxy) is 1. The number of nitrogens with zero attached hydrogens (tertiary/aromatic N) is 2. The molecule has 0 atom stereocenters. The predicted molar refractivity (Wildman–Crippen MR) is 88.6 cm³/mol. The van der Waals surface area contributed by atoms with Gasteiger partial charge in [0.2, 0.25) is 0 Å². The molecule has 1 aromatic carbocycles. The van der Waals surface area contributed by atoms with Crippen molar-refractivity contribution in [2.24, 2.45) is 0 Å².